The van der Waals surface area contributed by atoms with Crippen molar-refractivity contribution in [3.05, 3.63) is 101 Å². The average molecular weight is 438 g/mol. The number of carbonyl (C=O) groups excluding carboxylic acids is 1. The van der Waals surface area contributed by atoms with E-state index in [-0.39, 0.29) is 30.2 Å². The monoisotopic (exact) mass is 437 g/mol. The van der Waals surface area contributed by atoms with Gasteiger partial charge in [0, 0.05) is 36.0 Å². The zero-order valence-corrected chi connectivity index (χ0v) is 18.3. The number of benzodiazepines with no additional fused rings is 1. The second-order valence-corrected chi connectivity index (χ2v) is 7.53. The summed E-state index contributed by atoms with van der Waals surface area (Å²) in [7, 11) is 1.99. The van der Waals surface area contributed by atoms with Crippen LogP contribution in [0.4, 0.5) is 10.1 Å². The third-order valence-electron chi connectivity index (χ3n) is 5.46. The number of amides is 1. The van der Waals surface area contributed by atoms with E-state index >= 15 is 0 Å². The van der Waals surface area contributed by atoms with E-state index in [4.69, 9.17) is 4.99 Å². The lowest BCUT2D eigenvalue weighted by Crippen LogP contribution is -2.43. The molecule has 1 N–H and O–H groups in total. The molecule has 0 aliphatic carbocycles. The Labute approximate surface area is 188 Å². The Morgan fingerprint density at radius 3 is 2.52 bits per heavy atom. The van der Waals surface area contributed by atoms with Crippen molar-refractivity contribution in [1.82, 2.24) is 5.32 Å². The van der Waals surface area contributed by atoms with Crippen LogP contribution in [0.3, 0.4) is 0 Å². The molecule has 0 aromatic heterocycles. The number of halogens is 2. The van der Waals surface area contributed by atoms with Crippen LogP contribution >= 0.6 is 12.4 Å². The molecule has 3 aromatic carbocycles. The predicted molar refractivity (Wildman–Crippen MR) is 126 cm³/mol. The number of rotatable bonds is 4. The van der Waals surface area contributed by atoms with Crippen LogP contribution in [0.1, 0.15) is 27.0 Å². The highest BCUT2D eigenvalue weighted by Gasteiger charge is 2.26. The van der Waals surface area contributed by atoms with E-state index in [9.17, 15) is 9.18 Å². The molecular formula is C25H25ClFN3O. The summed E-state index contributed by atoms with van der Waals surface area (Å²) in [5.74, 6) is -0.405. The molecule has 1 heterocycles. The minimum Gasteiger partial charge on any atom is -0.367 e. The molecule has 0 saturated carbocycles. The number of aliphatic imine (C=N–C) groups is 1. The summed E-state index contributed by atoms with van der Waals surface area (Å²) in [6, 6.07) is 21.9. The van der Waals surface area contributed by atoms with E-state index < -0.39 is 0 Å². The standard InChI is InChI=1S/C25H24FN3O.ClH/c1-17-12-13-23-21(14-17)24(20-10-6-7-11-22(20)26)27-15-19(29(23)2)16-28-25(30)18-8-4-3-5-9-18;/h3-14,19H,15-16H2,1-2H3,(H,28,30);1H. The van der Waals surface area contributed by atoms with E-state index in [2.05, 4.69) is 10.2 Å². The number of nitrogens with zero attached hydrogens (tertiary/aromatic N) is 2. The summed E-state index contributed by atoms with van der Waals surface area (Å²) >= 11 is 0. The Kier molecular flexibility index (Phi) is 7.08. The zero-order valence-electron chi connectivity index (χ0n) is 17.5. The third-order valence-corrected chi connectivity index (χ3v) is 5.46. The van der Waals surface area contributed by atoms with Crippen molar-refractivity contribution in [1.29, 1.82) is 0 Å². The maximum atomic E-state index is 14.6. The summed E-state index contributed by atoms with van der Waals surface area (Å²) in [6.07, 6.45) is 0. The van der Waals surface area contributed by atoms with Crippen LogP contribution < -0.4 is 10.2 Å². The van der Waals surface area contributed by atoms with Gasteiger partial charge in [-0.15, -0.1) is 12.4 Å². The Bertz CT molecular complexity index is 1100. The summed E-state index contributed by atoms with van der Waals surface area (Å²) in [5.41, 5.74) is 4.73. The van der Waals surface area contributed by atoms with Gasteiger partial charge < -0.3 is 10.2 Å². The summed E-state index contributed by atoms with van der Waals surface area (Å²) in [4.78, 5) is 19.4. The number of hydrogen-bond donors (Lipinski definition) is 1. The maximum absolute atomic E-state index is 14.6. The smallest absolute Gasteiger partial charge is 0.251 e. The van der Waals surface area contributed by atoms with Crippen molar-refractivity contribution < 1.29 is 9.18 Å². The van der Waals surface area contributed by atoms with Crippen molar-refractivity contribution in [2.24, 2.45) is 4.99 Å². The topological polar surface area (TPSA) is 44.7 Å². The number of hydrogen-bond acceptors (Lipinski definition) is 3. The molecular weight excluding hydrogens is 413 g/mol. The molecule has 1 aliphatic rings. The molecule has 1 aliphatic heterocycles. The molecule has 4 nitrogen and oxygen atoms in total. The number of benzene rings is 3. The van der Waals surface area contributed by atoms with E-state index in [1.54, 1.807) is 24.3 Å². The van der Waals surface area contributed by atoms with Gasteiger partial charge in [0.15, 0.2) is 0 Å². The second kappa shape index (κ2) is 9.75. The molecule has 3 aromatic rings. The van der Waals surface area contributed by atoms with Crippen LogP contribution in [0.15, 0.2) is 77.8 Å². The van der Waals surface area contributed by atoms with Crippen molar-refractivity contribution in [3.8, 4) is 0 Å². The highest BCUT2D eigenvalue weighted by Crippen LogP contribution is 2.29. The molecule has 160 valence electrons. The molecule has 1 atom stereocenters. The van der Waals surface area contributed by atoms with Crippen molar-refractivity contribution in [2.75, 3.05) is 25.0 Å². The van der Waals surface area contributed by atoms with Gasteiger partial charge in [-0.2, -0.15) is 0 Å². The summed E-state index contributed by atoms with van der Waals surface area (Å²) in [5, 5.41) is 3.01. The quantitative estimate of drug-likeness (QED) is 0.646. The van der Waals surface area contributed by atoms with Crippen molar-refractivity contribution >= 4 is 29.7 Å². The fourth-order valence-corrected chi connectivity index (χ4v) is 3.74. The van der Waals surface area contributed by atoms with Crippen LogP contribution in [0.5, 0.6) is 0 Å². The molecule has 1 unspecified atom stereocenters. The van der Waals surface area contributed by atoms with Gasteiger partial charge in [-0.1, -0.05) is 42.0 Å². The van der Waals surface area contributed by atoms with E-state index in [0.717, 1.165) is 16.8 Å². The van der Waals surface area contributed by atoms with E-state index in [1.165, 1.54) is 6.07 Å². The van der Waals surface area contributed by atoms with Gasteiger partial charge in [0.1, 0.15) is 5.82 Å². The van der Waals surface area contributed by atoms with Gasteiger partial charge in [0.25, 0.3) is 5.91 Å². The predicted octanol–water partition coefficient (Wildman–Crippen LogP) is 4.64. The maximum Gasteiger partial charge on any atom is 0.251 e. The van der Waals surface area contributed by atoms with Crippen LogP contribution in [-0.2, 0) is 0 Å². The van der Waals surface area contributed by atoms with E-state index in [0.29, 0.717) is 29.9 Å². The van der Waals surface area contributed by atoms with Gasteiger partial charge in [-0.25, -0.2) is 4.39 Å². The highest BCUT2D eigenvalue weighted by molar-refractivity contribution is 6.16. The molecule has 0 saturated heterocycles. The highest BCUT2D eigenvalue weighted by atomic mass is 35.5. The minimum atomic E-state index is -0.290. The fraction of sp³-hybridized carbons (Fsp3) is 0.200. The third kappa shape index (κ3) is 4.78. The van der Waals surface area contributed by atoms with Gasteiger partial charge >= 0.3 is 0 Å². The lowest BCUT2D eigenvalue weighted by molar-refractivity contribution is 0.0951. The molecule has 0 fully saturated rings. The average Bonchev–Trinajstić information content (AvgIpc) is 2.89. The molecule has 4 rings (SSSR count). The second-order valence-electron chi connectivity index (χ2n) is 7.53. The summed E-state index contributed by atoms with van der Waals surface area (Å²) in [6.45, 7) is 2.90. The first-order chi connectivity index (χ1) is 14.5. The largest absolute Gasteiger partial charge is 0.367 e. The first kappa shape index (κ1) is 22.5. The fourth-order valence-electron chi connectivity index (χ4n) is 3.74. The van der Waals surface area contributed by atoms with Gasteiger partial charge in [0.05, 0.1) is 18.3 Å². The van der Waals surface area contributed by atoms with Crippen molar-refractivity contribution in [3.63, 3.8) is 0 Å². The minimum absolute atomic E-state index is 0. The lowest BCUT2D eigenvalue weighted by atomic mass is 9.98. The number of likely N-dealkylation sites (N-methyl/N-ethyl adjacent to an activating group) is 1. The first-order valence-electron chi connectivity index (χ1n) is 10.0. The number of nitrogens with one attached hydrogen (secondary N) is 1. The molecule has 0 bridgehead atoms. The van der Waals surface area contributed by atoms with Gasteiger partial charge in [-0.3, -0.25) is 9.79 Å². The molecule has 0 radical (unpaired) electrons. The molecule has 31 heavy (non-hydrogen) atoms. The Morgan fingerprint density at radius 2 is 1.77 bits per heavy atom. The lowest BCUT2D eigenvalue weighted by Gasteiger charge is -2.29. The van der Waals surface area contributed by atoms with E-state index in [1.807, 2.05) is 56.4 Å². The molecule has 1 amide bonds. The zero-order chi connectivity index (χ0) is 21.1. The van der Waals surface area contributed by atoms with Crippen molar-refractivity contribution in [2.45, 2.75) is 13.0 Å². The Hall–Kier alpha value is -3.18. The molecule has 0 spiro atoms. The summed E-state index contributed by atoms with van der Waals surface area (Å²) < 4.78 is 14.6. The number of anilines is 1. The molecule has 6 heteroatoms. The first-order valence-corrected chi connectivity index (χ1v) is 10.0. The Balaban J connectivity index is 0.00000272. The van der Waals surface area contributed by atoms with Gasteiger partial charge in [0.2, 0.25) is 0 Å². The SMILES string of the molecule is Cc1ccc2c(c1)C(c1ccccc1F)=NCC(CNC(=O)c1ccccc1)N2C.Cl. The van der Waals surface area contributed by atoms with Gasteiger partial charge in [-0.05, 0) is 43.3 Å². The Morgan fingerprint density at radius 1 is 1.06 bits per heavy atom. The number of fused-ring (bicyclic) bond motifs is 1. The number of aryl methyl sites for hydroxylation is 1. The van der Waals surface area contributed by atoms with Crippen LogP contribution in [0, 0.1) is 12.7 Å². The number of carbonyl (C=O) groups is 1. The normalized spacial score (nSPS) is 15.3. The van der Waals surface area contributed by atoms with Crippen LogP contribution in [0.25, 0.3) is 0 Å². The van der Waals surface area contributed by atoms with Crippen LogP contribution in [0.2, 0.25) is 0 Å². The van der Waals surface area contributed by atoms with Crippen LogP contribution in [-0.4, -0.2) is 37.8 Å².